The number of nitrogens with one attached hydrogen (secondary N) is 1. The van der Waals surface area contributed by atoms with E-state index in [0.29, 0.717) is 12.6 Å². The zero-order valence-electron chi connectivity index (χ0n) is 10.3. The molecule has 2 bridgehead atoms. The van der Waals surface area contributed by atoms with Crippen molar-refractivity contribution in [2.45, 2.75) is 69.4 Å². The topological polar surface area (TPSA) is 32.3 Å². The summed E-state index contributed by atoms with van der Waals surface area (Å²) in [6, 6.07) is 0.695. The molecular formula is C14H25NO. The van der Waals surface area contributed by atoms with Crippen molar-refractivity contribution in [3.8, 4) is 0 Å². The molecule has 16 heavy (non-hydrogen) atoms. The Morgan fingerprint density at radius 3 is 2.44 bits per heavy atom. The summed E-state index contributed by atoms with van der Waals surface area (Å²) in [6.07, 6.45) is 12.2. The van der Waals surface area contributed by atoms with Gasteiger partial charge in [0.15, 0.2) is 0 Å². The summed E-state index contributed by atoms with van der Waals surface area (Å²) in [4.78, 5) is 0. The van der Waals surface area contributed by atoms with Crippen LogP contribution in [0.25, 0.3) is 0 Å². The van der Waals surface area contributed by atoms with Gasteiger partial charge in [-0.1, -0.05) is 25.7 Å². The highest BCUT2D eigenvalue weighted by Crippen LogP contribution is 2.51. The van der Waals surface area contributed by atoms with Gasteiger partial charge in [-0.15, -0.1) is 0 Å². The molecule has 0 heterocycles. The van der Waals surface area contributed by atoms with E-state index in [9.17, 15) is 5.11 Å². The van der Waals surface area contributed by atoms with Gasteiger partial charge in [-0.3, -0.25) is 0 Å². The number of rotatable bonds is 3. The maximum absolute atomic E-state index is 9.81. The lowest BCUT2D eigenvalue weighted by molar-refractivity contribution is 0.0871. The molecule has 0 aromatic rings. The average molecular weight is 223 g/mol. The molecule has 3 atom stereocenters. The van der Waals surface area contributed by atoms with E-state index in [2.05, 4.69) is 5.32 Å². The summed E-state index contributed by atoms with van der Waals surface area (Å²) < 4.78 is 0. The molecule has 92 valence electrons. The number of aliphatic hydroxyl groups excluding tert-OH is 1. The molecule has 0 radical (unpaired) electrons. The maximum Gasteiger partial charge on any atom is 0.0616 e. The fourth-order valence-electron chi connectivity index (χ4n) is 4.51. The lowest BCUT2D eigenvalue weighted by Crippen LogP contribution is -2.56. The van der Waals surface area contributed by atoms with Crippen molar-refractivity contribution in [1.82, 2.24) is 5.32 Å². The Morgan fingerprint density at radius 2 is 1.88 bits per heavy atom. The second-order valence-corrected chi connectivity index (χ2v) is 6.37. The minimum absolute atomic E-state index is 0.116. The predicted octanol–water partition coefficient (Wildman–Crippen LogP) is 2.46. The van der Waals surface area contributed by atoms with E-state index in [4.69, 9.17) is 0 Å². The van der Waals surface area contributed by atoms with Gasteiger partial charge in [-0.2, -0.15) is 0 Å². The van der Waals surface area contributed by atoms with Gasteiger partial charge in [-0.05, 0) is 43.9 Å². The summed E-state index contributed by atoms with van der Waals surface area (Å²) in [5.74, 6) is 1.68. The molecule has 0 spiro atoms. The zero-order chi connectivity index (χ0) is 11.0. The van der Waals surface area contributed by atoms with E-state index in [-0.39, 0.29) is 5.54 Å². The molecule has 2 N–H and O–H groups in total. The molecule has 3 unspecified atom stereocenters. The molecule has 0 saturated heterocycles. The fourth-order valence-corrected chi connectivity index (χ4v) is 4.51. The Bertz CT molecular complexity index is 249. The lowest BCUT2D eigenvalue weighted by atomic mass is 9.80. The highest BCUT2D eigenvalue weighted by Gasteiger charge is 2.51. The van der Waals surface area contributed by atoms with Gasteiger partial charge in [0, 0.05) is 11.6 Å². The average Bonchev–Trinajstić information content (AvgIpc) is 2.91. The molecule has 0 amide bonds. The van der Waals surface area contributed by atoms with Crippen molar-refractivity contribution < 1.29 is 5.11 Å². The van der Waals surface area contributed by atoms with Crippen LogP contribution in [-0.4, -0.2) is 23.3 Å². The van der Waals surface area contributed by atoms with Crippen molar-refractivity contribution in [3.63, 3.8) is 0 Å². The van der Waals surface area contributed by atoms with Crippen LogP contribution >= 0.6 is 0 Å². The van der Waals surface area contributed by atoms with E-state index in [1.54, 1.807) is 0 Å². The van der Waals surface area contributed by atoms with E-state index < -0.39 is 0 Å². The second-order valence-electron chi connectivity index (χ2n) is 6.37. The molecule has 0 aliphatic heterocycles. The first kappa shape index (κ1) is 11.0. The molecular weight excluding hydrogens is 198 g/mol. The highest BCUT2D eigenvalue weighted by atomic mass is 16.3. The SMILES string of the molecule is OCC1(NC2CCCCC2)CC2CCC1C2. The molecule has 3 saturated carbocycles. The summed E-state index contributed by atoms with van der Waals surface area (Å²) in [7, 11) is 0. The van der Waals surface area contributed by atoms with Gasteiger partial charge in [0.25, 0.3) is 0 Å². The Kier molecular flexibility index (Phi) is 2.97. The number of hydrogen-bond donors (Lipinski definition) is 2. The van der Waals surface area contributed by atoms with Crippen LogP contribution in [0.1, 0.15) is 57.8 Å². The first-order valence-corrected chi connectivity index (χ1v) is 7.21. The van der Waals surface area contributed by atoms with Gasteiger partial charge in [0.1, 0.15) is 0 Å². The van der Waals surface area contributed by atoms with E-state index >= 15 is 0 Å². The summed E-state index contributed by atoms with van der Waals surface area (Å²) in [5, 5.41) is 13.7. The number of aliphatic hydroxyl groups is 1. The van der Waals surface area contributed by atoms with Gasteiger partial charge in [-0.25, -0.2) is 0 Å². The van der Waals surface area contributed by atoms with Crippen molar-refractivity contribution in [3.05, 3.63) is 0 Å². The van der Waals surface area contributed by atoms with Crippen LogP contribution in [0.2, 0.25) is 0 Å². The van der Waals surface area contributed by atoms with Crippen molar-refractivity contribution >= 4 is 0 Å². The zero-order valence-corrected chi connectivity index (χ0v) is 10.3. The molecule has 3 aliphatic carbocycles. The van der Waals surface area contributed by atoms with Crippen LogP contribution in [0.5, 0.6) is 0 Å². The van der Waals surface area contributed by atoms with Crippen molar-refractivity contribution in [1.29, 1.82) is 0 Å². The van der Waals surface area contributed by atoms with Crippen LogP contribution in [-0.2, 0) is 0 Å². The Hall–Kier alpha value is -0.0800. The van der Waals surface area contributed by atoms with Gasteiger partial charge in [0.05, 0.1) is 6.61 Å². The molecule has 0 aromatic carbocycles. The largest absolute Gasteiger partial charge is 0.394 e. The fraction of sp³-hybridized carbons (Fsp3) is 1.00. The summed E-state index contributed by atoms with van der Waals surface area (Å²) in [6.45, 7) is 0.366. The smallest absolute Gasteiger partial charge is 0.0616 e. The third-order valence-electron chi connectivity index (χ3n) is 5.35. The Labute approximate surface area is 98.8 Å². The Balaban J connectivity index is 1.66. The quantitative estimate of drug-likeness (QED) is 0.770. The van der Waals surface area contributed by atoms with Crippen LogP contribution in [0.15, 0.2) is 0 Å². The molecule has 3 aliphatic rings. The molecule has 0 aromatic heterocycles. The van der Waals surface area contributed by atoms with Crippen molar-refractivity contribution in [2.75, 3.05) is 6.61 Å². The number of fused-ring (bicyclic) bond motifs is 2. The molecule has 3 fully saturated rings. The van der Waals surface area contributed by atoms with Crippen LogP contribution in [0.4, 0.5) is 0 Å². The lowest BCUT2D eigenvalue weighted by Gasteiger charge is -2.41. The predicted molar refractivity (Wildman–Crippen MR) is 65.3 cm³/mol. The van der Waals surface area contributed by atoms with Crippen molar-refractivity contribution in [2.24, 2.45) is 11.8 Å². The minimum atomic E-state index is 0.116. The van der Waals surface area contributed by atoms with E-state index in [1.165, 1.54) is 57.8 Å². The minimum Gasteiger partial charge on any atom is -0.394 e. The third kappa shape index (κ3) is 1.80. The first-order chi connectivity index (χ1) is 7.82. The van der Waals surface area contributed by atoms with E-state index in [1.807, 2.05) is 0 Å². The van der Waals surface area contributed by atoms with Gasteiger partial charge < -0.3 is 10.4 Å². The molecule has 3 rings (SSSR count). The monoisotopic (exact) mass is 223 g/mol. The normalized spacial score (nSPS) is 44.1. The standard InChI is InChI=1S/C14H25NO/c16-10-14(9-11-6-7-12(14)8-11)15-13-4-2-1-3-5-13/h11-13,15-16H,1-10H2. The summed E-state index contributed by atoms with van der Waals surface area (Å²) in [5.41, 5.74) is 0.116. The summed E-state index contributed by atoms with van der Waals surface area (Å²) >= 11 is 0. The van der Waals surface area contributed by atoms with Gasteiger partial charge in [0.2, 0.25) is 0 Å². The first-order valence-electron chi connectivity index (χ1n) is 7.21. The number of hydrogen-bond acceptors (Lipinski definition) is 2. The molecule has 2 nitrogen and oxygen atoms in total. The third-order valence-corrected chi connectivity index (χ3v) is 5.35. The van der Waals surface area contributed by atoms with Crippen LogP contribution in [0.3, 0.4) is 0 Å². The Morgan fingerprint density at radius 1 is 1.06 bits per heavy atom. The van der Waals surface area contributed by atoms with E-state index in [0.717, 1.165) is 11.8 Å². The van der Waals surface area contributed by atoms with Gasteiger partial charge >= 0.3 is 0 Å². The second kappa shape index (κ2) is 4.30. The molecule has 2 heteroatoms. The van der Waals surface area contributed by atoms with Crippen LogP contribution < -0.4 is 5.32 Å². The maximum atomic E-state index is 9.81. The highest BCUT2D eigenvalue weighted by molar-refractivity contribution is 5.07. The van der Waals surface area contributed by atoms with Crippen LogP contribution in [0, 0.1) is 11.8 Å².